The number of nitrogens with one attached hydrogen (secondary N) is 1. The maximum Gasteiger partial charge on any atom is 0.338 e. The molecule has 0 atom stereocenters. The fourth-order valence-corrected chi connectivity index (χ4v) is 3.80. The first-order chi connectivity index (χ1) is 12.0. The molecule has 1 aliphatic carbocycles. The molecule has 0 aromatic heterocycles. The van der Waals surface area contributed by atoms with Crippen molar-refractivity contribution >= 4 is 16.0 Å². The van der Waals surface area contributed by atoms with Crippen molar-refractivity contribution in [3.63, 3.8) is 0 Å². The number of hydrogen-bond donors (Lipinski definition) is 1. The van der Waals surface area contributed by atoms with E-state index < -0.39 is 16.0 Å². The van der Waals surface area contributed by atoms with Gasteiger partial charge in [0.1, 0.15) is 17.3 Å². The van der Waals surface area contributed by atoms with Crippen molar-refractivity contribution in [3.05, 3.63) is 59.7 Å². The summed E-state index contributed by atoms with van der Waals surface area (Å²) >= 11 is 0. The van der Waals surface area contributed by atoms with Crippen molar-refractivity contribution in [2.24, 2.45) is 0 Å². The normalized spacial score (nSPS) is 14.1. The highest BCUT2D eigenvalue weighted by molar-refractivity contribution is 7.89. The molecule has 7 heteroatoms. The molecule has 0 bridgehead atoms. The largest absolute Gasteiger partial charge is 0.495 e. The van der Waals surface area contributed by atoms with Gasteiger partial charge in [-0.2, -0.15) is 0 Å². The first-order valence-electron chi connectivity index (χ1n) is 7.91. The van der Waals surface area contributed by atoms with Crippen LogP contribution in [0.25, 0.3) is 0 Å². The van der Waals surface area contributed by atoms with Crippen LogP contribution in [0.15, 0.2) is 53.4 Å². The smallest absolute Gasteiger partial charge is 0.338 e. The van der Waals surface area contributed by atoms with Crippen LogP contribution in [0.3, 0.4) is 0 Å². The number of ether oxygens (including phenoxy) is 2. The summed E-state index contributed by atoms with van der Waals surface area (Å²) in [6.07, 6.45) is 1.64. The van der Waals surface area contributed by atoms with Crippen LogP contribution < -0.4 is 9.46 Å². The fraction of sp³-hybridized carbons (Fsp3) is 0.278. The first-order valence-corrected chi connectivity index (χ1v) is 9.39. The third kappa shape index (κ3) is 4.37. The standard InChI is InChI=1S/C18H19NO5S/c1-23-16-10-7-14(11-17(16)25(21,22)19-15-8-9-15)18(20)24-12-13-5-3-2-4-6-13/h2-7,10-11,15,19H,8-9,12H2,1H3. The van der Waals surface area contributed by atoms with Crippen molar-refractivity contribution < 1.29 is 22.7 Å². The Morgan fingerprint density at radius 2 is 1.88 bits per heavy atom. The van der Waals surface area contributed by atoms with Gasteiger partial charge in [-0.05, 0) is 36.6 Å². The van der Waals surface area contributed by atoms with Gasteiger partial charge in [0.05, 0.1) is 12.7 Å². The van der Waals surface area contributed by atoms with Gasteiger partial charge in [0.2, 0.25) is 10.0 Å². The van der Waals surface area contributed by atoms with Crippen LogP contribution in [0.2, 0.25) is 0 Å². The highest BCUT2D eigenvalue weighted by Crippen LogP contribution is 2.28. The molecule has 1 saturated carbocycles. The average molecular weight is 361 g/mol. The Bertz CT molecular complexity index is 860. The summed E-state index contributed by atoms with van der Waals surface area (Å²) in [7, 11) is -2.36. The van der Waals surface area contributed by atoms with E-state index in [1.165, 1.54) is 25.3 Å². The lowest BCUT2D eigenvalue weighted by atomic mass is 10.2. The van der Waals surface area contributed by atoms with Crippen LogP contribution in [0.5, 0.6) is 5.75 Å². The number of benzene rings is 2. The maximum atomic E-state index is 12.5. The zero-order chi connectivity index (χ0) is 17.9. The lowest BCUT2D eigenvalue weighted by molar-refractivity contribution is 0.0472. The lowest BCUT2D eigenvalue weighted by Gasteiger charge is -2.12. The van der Waals surface area contributed by atoms with Gasteiger partial charge in [0.15, 0.2) is 0 Å². The van der Waals surface area contributed by atoms with Crippen molar-refractivity contribution in [1.82, 2.24) is 4.72 Å². The van der Waals surface area contributed by atoms with Gasteiger partial charge >= 0.3 is 5.97 Å². The van der Waals surface area contributed by atoms with Crippen LogP contribution in [-0.2, 0) is 21.4 Å². The van der Waals surface area contributed by atoms with Gasteiger partial charge in [0.25, 0.3) is 0 Å². The zero-order valence-corrected chi connectivity index (χ0v) is 14.6. The predicted octanol–water partition coefficient (Wildman–Crippen LogP) is 2.49. The van der Waals surface area contributed by atoms with Gasteiger partial charge in [-0.15, -0.1) is 0 Å². The topological polar surface area (TPSA) is 81.7 Å². The number of hydrogen-bond acceptors (Lipinski definition) is 5. The van der Waals surface area contributed by atoms with Crippen molar-refractivity contribution in [1.29, 1.82) is 0 Å². The van der Waals surface area contributed by atoms with Crippen LogP contribution in [-0.4, -0.2) is 27.5 Å². The molecule has 0 saturated heterocycles. The Morgan fingerprint density at radius 1 is 1.16 bits per heavy atom. The Balaban J connectivity index is 1.79. The molecule has 0 aliphatic heterocycles. The predicted molar refractivity (Wildman–Crippen MR) is 91.9 cm³/mol. The second-order valence-corrected chi connectivity index (χ2v) is 7.51. The minimum absolute atomic E-state index is 0.0385. The first kappa shape index (κ1) is 17.4. The summed E-state index contributed by atoms with van der Waals surface area (Å²) in [6, 6.07) is 13.5. The number of sulfonamides is 1. The average Bonchev–Trinajstić information content (AvgIpc) is 3.43. The Morgan fingerprint density at radius 3 is 2.52 bits per heavy atom. The van der Waals surface area contributed by atoms with E-state index in [0.717, 1.165) is 18.4 Å². The van der Waals surface area contributed by atoms with Crippen molar-refractivity contribution in [3.8, 4) is 5.75 Å². The van der Waals surface area contributed by atoms with Crippen molar-refractivity contribution in [2.75, 3.05) is 7.11 Å². The van der Waals surface area contributed by atoms with E-state index in [2.05, 4.69) is 4.72 Å². The van der Waals surface area contributed by atoms with Gasteiger partial charge in [-0.1, -0.05) is 30.3 Å². The molecule has 0 unspecified atom stereocenters. The summed E-state index contributed by atoms with van der Waals surface area (Å²) in [6.45, 7) is 0.119. The molecule has 0 amide bonds. The molecular formula is C18H19NO5S. The highest BCUT2D eigenvalue weighted by atomic mass is 32.2. The molecule has 0 spiro atoms. The molecule has 0 radical (unpaired) electrons. The lowest BCUT2D eigenvalue weighted by Crippen LogP contribution is -2.26. The molecule has 3 rings (SSSR count). The minimum Gasteiger partial charge on any atom is -0.495 e. The van der Waals surface area contributed by atoms with Gasteiger partial charge in [0, 0.05) is 6.04 Å². The van der Waals surface area contributed by atoms with Gasteiger partial charge < -0.3 is 9.47 Å². The van der Waals surface area contributed by atoms with E-state index in [-0.39, 0.29) is 28.9 Å². The molecular weight excluding hydrogens is 342 g/mol. The van der Waals surface area contributed by atoms with E-state index in [1.807, 2.05) is 30.3 Å². The summed E-state index contributed by atoms with van der Waals surface area (Å²) in [5, 5.41) is 0. The second-order valence-electron chi connectivity index (χ2n) is 5.82. The number of carbonyl (C=O) groups is 1. The molecule has 25 heavy (non-hydrogen) atoms. The van der Waals surface area contributed by atoms with E-state index in [9.17, 15) is 13.2 Å². The van der Waals surface area contributed by atoms with E-state index in [1.54, 1.807) is 0 Å². The third-order valence-corrected chi connectivity index (χ3v) is 5.34. The molecule has 0 heterocycles. The molecule has 1 fully saturated rings. The minimum atomic E-state index is -3.75. The monoisotopic (exact) mass is 361 g/mol. The third-order valence-electron chi connectivity index (χ3n) is 3.80. The van der Waals surface area contributed by atoms with Crippen LogP contribution in [0, 0.1) is 0 Å². The zero-order valence-electron chi connectivity index (χ0n) is 13.8. The summed E-state index contributed by atoms with van der Waals surface area (Å²) in [5.41, 5.74) is 1.01. The number of carbonyl (C=O) groups excluding carboxylic acids is 1. The molecule has 1 aliphatic rings. The van der Waals surface area contributed by atoms with E-state index in [0.29, 0.717) is 0 Å². The van der Waals surface area contributed by atoms with Crippen LogP contribution in [0.1, 0.15) is 28.8 Å². The molecule has 1 N–H and O–H groups in total. The molecule has 132 valence electrons. The number of rotatable bonds is 7. The fourth-order valence-electron chi connectivity index (χ4n) is 2.30. The van der Waals surface area contributed by atoms with Gasteiger partial charge in [-0.3, -0.25) is 0 Å². The Kier molecular flexibility index (Phi) is 5.06. The van der Waals surface area contributed by atoms with E-state index in [4.69, 9.17) is 9.47 Å². The summed E-state index contributed by atoms with van der Waals surface area (Å²) < 4.78 is 37.9. The number of esters is 1. The quantitative estimate of drug-likeness (QED) is 0.766. The van der Waals surface area contributed by atoms with Crippen LogP contribution in [0.4, 0.5) is 0 Å². The van der Waals surface area contributed by atoms with Crippen molar-refractivity contribution in [2.45, 2.75) is 30.4 Å². The maximum absolute atomic E-state index is 12.5. The Hall–Kier alpha value is -2.38. The number of methoxy groups -OCH3 is 1. The van der Waals surface area contributed by atoms with Gasteiger partial charge in [-0.25, -0.2) is 17.9 Å². The molecule has 2 aromatic rings. The second kappa shape index (κ2) is 7.25. The summed E-state index contributed by atoms with van der Waals surface area (Å²) in [4.78, 5) is 12.2. The summed E-state index contributed by atoms with van der Waals surface area (Å²) in [5.74, 6) is -0.401. The molecule has 6 nitrogen and oxygen atoms in total. The van der Waals surface area contributed by atoms with Crippen LogP contribution >= 0.6 is 0 Å². The highest BCUT2D eigenvalue weighted by Gasteiger charge is 2.30. The SMILES string of the molecule is COc1ccc(C(=O)OCc2ccccc2)cc1S(=O)(=O)NC1CC1. The van der Waals surface area contributed by atoms with E-state index >= 15 is 0 Å². The Labute approximate surface area is 146 Å². The molecule has 2 aromatic carbocycles.